The number of halogens is 2. The number of rotatable bonds is 7. The van der Waals surface area contributed by atoms with Gasteiger partial charge in [0.05, 0.1) is 10.2 Å². The summed E-state index contributed by atoms with van der Waals surface area (Å²) in [6.45, 7) is -0.831. The lowest BCUT2D eigenvalue weighted by atomic mass is 10.0. The van der Waals surface area contributed by atoms with Gasteiger partial charge in [0.2, 0.25) is 0 Å². The average molecular weight is 513 g/mol. The monoisotopic (exact) mass is 512 g/mol. The summed E-state index contributed by atoms with van der Waals surface area (Å²) >= 11 is 1.63. The normalized spacial score (nSPS) is 11.6. The van der Waals surface area contributed by atoms with Crippen LogP contribution < -0.4 is 10.1 Å². The quantitative estimate of drug-likeness (QED) is 0.177. The largest absolute Gasteiger partial charge is 0.435 e. The number of anilines is 1. The summed E-state index contributed by atoms with van der Waals surface area (Å²) in [7, 11) is 0. The summed E-state index contributed by atoms with van der Waals surface area (Å²) in [5.74, 6) is -0.233. The van der Waals surface area contributed by atoms with Crippen molar-refractivity contribution in [2.24, 2.45) is 0 Å². The first-order valence-corrected chi connectivity index (χ1v) is 12.4. The van der Waals surface area contributed by atoms with Crippen LogP contribution in [-0.2, 0) is 4.79 Å². The standard InChI is InChI=1S/C30H22F2N2O2S/c1-19-7-16-26-27(17-19)37-29(34-26)22-10-12-23(13-11-22)33-28(35)25(21-5-3-2-4-6-21)18-20-8-14-24(15-9-20)36-30(31)32/h2-18,30H,1H3,(H,33,35)/b25-18+. The number of fused-ring (bicyclic) bond motifs is 1. The van der Waals surface area contributed by atoms with Crippen LogP contribution in [0.4, 0.5) is 14.5 Å². The van der Waals surface area contributed by atoms with Crippen LogP contribution in [0.15, 0.2) is 97.1 Å². The first-order chi connectivity index (χ1) is 17.9. The third-order valence-electron chi connectivity index (χ3n) is 5.68. The van der Waals surface area contributed by atoms with E-state index < -0.39 is 6.61 Å². The molecule has 0 fully saturated rings. The molecule has 1 amide bonds. The number of carbonyl (C=O) groups is 1. The first kappa shape index (κ1) is 24.3. The number of hydrogen-bond acceptors (Lipinski definition) is 4. The van der Waals surface area contributed by atoms with E-state index in [1.807, 2.05) is 66.7 Å². The zero-order chi connectivity index (χ0) is 25.8. The molecule has 0 spiro atoms. The lowest BCUT2D eigenvalue weighted by Gasteiger charge is -2.11. The van der Waals surface area contributed by atoms with Crippen molar-refractivity contribution >= 4 is 44.8 Å². The van der Waals surface area contributed by atoms with Gasteiger partial charge in [0.15, 0.2) is 0 Å². The van der Waals surface area contributed by atoms with Crippen molar-refractivity contribution in [1.29, 1.82) is 0 Å². The number of aryl methyl sites for hydroxylation is 1. The van der Waals surface area contributed by atoms with E-state index in [2.05, 4.69) is 23.0 Å². The molecule has 0 saturated heterocycles. The Labute approximate surface area is 216 Å². The molecule has 0 aliphatic rings. The minimum atomic E-state index is -2.89. The number of thiazole rings is 1. The molecule has 1 N–H and O–H groups in total. The molecule has 5 aromatic rings. The van der Waals surface area contributed by atoms with Crippen LogP contribution in [0.25, 0.3) is 32.4 Å². The van der Waals surface area contributed by atoms with E-state index in [1.54, 1.807) is 29.5 Å². The fraction of sp³-hybridized carbons (Fsp3) is 0.0667. The molecule has 37 heavy (non-hydrogen) atoms. The van der Waals surface area contributed by atoms with Crippen molar-refractivity contribution in [2.75, 3.05) is 5.32 Å². The number of nitrogens with one attached hydrogen (secondary N) is 1. The Morgan fingerprint density at radius 3 is 2.38 bits per heavy atom. The number of nitrogens with zero attached hydrogens (tertiary/aromatic N) is 1. The molecule has 1 aromatic heterocycles. The third kappa shape index (κ3) is 5.90. The molecule has 4 nitrogen and oxygen atoms in total. The number of alkyl halides is 2. The zero-order valence-corrected chi connectivity index (χ0v) is 20.6. The fourth-order valence-corrected chi connectivity index (χ4v) is 4.93. The second-order valence-corrected chi connectivity index (χ2v) is 9.42. The lowest BCUT2D eigenvalue weighted by molar-refractivity contribution is -0.111. The molecule has 5 rings (SSSR count). The summed E-state index contributed by atoms with van der Waals surface area (Å²) < 4.78 is 30.5. The SMILES string of the molecule is Cc1ccc2nc(-c3ccc(NC(=O)/C(=C/c4ccc(OC(F)F)cc4)c4ccccc4)cc3)sc2c1. The van der Waals surface area contributed by atoms with Gasteiger partial charge in [-0.1, -0.05) is 48.5 Å². The minimum absolute atomic E-state index is 0.0567. The second-order valence-electron chi connectivity index (χ2n) is 8.39. The Morgan fingerprint density at radius 2 is 1.68 bits per heavy atom. The molecule has 0 unspecified atom stereocenters. The number of aromatic nitrogens is 1. The van der Waals surface area contributed by atoms with Crippen LogP contribution in [0, 0.1) is 6.92 Å². The molecule has 4 aromatic carbocycles. The molecule has 0 bridgehead atoms. The van der Waals surface area contributed by atoms with Crippen molar-refractivity contribution < 1.29 is 18.3 Å². The van der Waals surface area contributed by atoms with Crippen LogP contribution in [-0.4, -0.2) is 17.5 Å². The van der Waals surface area contributed by atoms with Gasteiger partial charge in [-0.2, -0.15) is 8.78 Å². The number of carbonyl (C=O) groups excluding carboxylic acids is 1. The van der Waals surface area contributed by atoms with Crippen molar-refractivity contribution in [3.8, 4) is 16.3 Å². The van der Waals surface area contributed by atoms with Gasteiger partial charge in [-0.05, 0) is 78.2 Å². The summed E-state index contributed by atoms with van der Waals surface area (Å²) in [5.41, 5.74) is 5.63. The van der Waals surface area contributed by atoms with Crippen molar-refractivity contribution in [2.45, 2.75) is 13.5 Å². The zero-order valence-electron chi connectivity index (χ0n) is 19.8. The van der Waals surface area contributed by atoms with Gasteiger partial charge in [0.25, 0.3) is 5.91 Å². The van der Waals surface area contributed by atoms with Crippen LogP contribution in [0.1, 0.15) is 16.7 Å². The van der Waals surface area contributed by atoms with Gasteiger partial charge in [0, 0.05) is 16.8 Å². The number of benzene rings is 4. The van der Waals surface area contributed by atoms with E-state index in [0.717, 1.165) is 26.4 Å². The predicted octanol–water partition coefficient (Wildman–Crippen LogP) is 8.05. The second kappa shape index (κ2) is 10.7. The molecule has 184 valence electrons. The highest BCUT2D eigenvalue weighted by molar-refractivity contribution is 7.21. The molecular weight excluding hydrogens is 490 g/mol. The maximum Gasteiger partial charge on any atom is 0.387 e. The maximum atomic E-state index is 13.3. The van der Waals surface area contributed by atoms with Gasteiger partial charge >= 0.3 is 6.61 Å². The molecule has 1 heterocycles. The summed E-state index contributed by atoms with van der Waals surface area (Å²) in [6, 6.07) is 29.2. The van der Waals surface area contributed by atoms with E-state index >= 15 is 0 Å². The average Bonchev–Trinajstić information content (AvgIpc) is 3.32. The predicted molar refractivity (Wildman–Crippen MR) is 146 cm³/mol. The lowest BCUT2D eigenvalue weighted by Crippen LogP contribution is -2.13. The Balaban J connectivity index is 1.37. The van der Waals surface area contributed by atoms with Crippen LogP contribution in [0.3, 0.4) is 0 Å². The van der Waals surface area contributed by atoms with E-state index in [0.29, 0.717) is 16.8 Å². The number of amides is 1. The fourth-order valence-electron chi connectivity index (χ4n) is 3.86. The van der Waals surface area contributed by atoms with Gasteiger partial charge in [-0.3, -0.25) is 4.79 Å². The Kier molecular flexibility index (Phi) is 7.05. The van der Waals surface area contributed by atoms with Crippen molar-refractivity contribution in [3.63, 3.8) is 0 Å². The van der Waals surface area contributed by atoms with Crippen LogP contribution in [0.2, 0.25) is 0 Å². The maximum absolute atomic E-state index is 13.3. The molecule has 0 atom stereocenters. The third-order valence-corrected chi connectivity index (χ3v) is 6.75. The van der Waals surface area contributed by atoms with Gasteiger partial charge in [-0.25, -0.2) is 4.98 Å². The molecule has 0 aliphatic carbocycles. The van der Waals surface area contributed by atoms with Gasteiger partial charge in [-0.15, -0.1) is 11.3 Å². The van der Waals surface area contributed by atoms with E-state index in [9.17, 15) is 13.6 Å². The van der Waals surface area contributed by atoms with Gasteiger partial charge in [0.1, 0.15) is 10.8 Å². The summed E-state index contributed by atoms with van der Waals surface area (Å²) in [6.07, 6.45) is 1.72. The number of hydrogen-bond donors (Lipinski definition) is 1. The molecule has 0 saturated carbocycles. The Morgan fingerprint density at radius 1 is 0.946 bits per heavy atom. The number of ether oxygens (including phenoxy) is 1. The van der Waals surface area contributed by atoms with E-state index in [-0.39, 0.29) is 11.7 Å². The Hall–Kier alpha value is -4.36. The van der Waals surface area contributed by atoms with Crippen LogP contribution in [0.5, 0.6) is 5.75 Å². The molecule has 7 heteroatoms. The highest BCUT2D eigenvalue weighted by Gasteiger charge is 2.14. The molecule has 0 aliphatic heterocycles. The summed E-state index contributed by atoms with van der Waals surface area (Å²) in [5, 5.41) is 3.88. The van der Waals surface area contributed by atoms with E-state index in [4.69, 9.17) is 4.98 Å². The minimum Gasteiger partial charge on any atom is -0.435 e. The first-order valence-electron chi connectivity index (χ1n) is 11.6. The Bertz CT molecular complexity index is 1560. The highest BCUT2D eigenvalue weighted by Crippen LogP contribution is 2.31. The van der Waals surface area contributed by atoms with Crippen molar-refractivity contribution in [3.05, 3.63) is 114 Å². The summed E-state index contributed by atoms with van der Waals surface area (Å²) in [4.78, 5) is 18.0. The molecular formula is C30H22F2N2O2S. The van der Waals surface area contributed by atoms with Gasteiger partial charge < -0.3 is 10.1 Å². The smallest absolute Gasteiger partial charge is 0.387 e. The highest BCUT2D eigenvalue weighted by atomic mass is 32.1. The molecule has 0 radical (unpaired) electrons. The van der Waals surface area contributed by atoms with E-state index in [1.165, 1.54) is 17.7 Å². The van der Waals surface area contributed by atoms with Crippen LogP contribution >= 0.6 is 11.3 Å². The topological polar surface area (TPSA) is 51.2 Å². The van der Waals surface area contributed by atoms with Crippen molar-refractivity contribution in [1.82, 2.24) is 4.98 Å².